The van der Waals surface area contributed by atoms with Crippen molar-refractivity contribution in [1.82, 2.24) is 10.6 Å². The fraction of sp³-hybridized carbons (Fsp3) is 0.353. The average Bonchev–Trinajstić information content (AvgIpc) is 2.93. The molecule has 0 saturated carbocycles. The minimum absolute atomic E-state index is 0.199. The number of aliphatic hydroxyl groups excluding tert-OH is 1. The van der Waals surface area contributed by atoms with Crippen LogP contribution >= 0.6 is 0 Å². The van der Waals surface area contributed by atoms with Crippen molar-refractivity contribution in [3.63, 3.8) is 0 Å². The number of amides is 2. The number of urea groups is 1. The van der Waals surface area contributed by atoms with Crippen LogP contribution in [0.1, 0.15) is 30.0 Å². The number of rotatable bonds is 6. The molecule has 3 N–H and O–H groups in total. The second-order valence-electron chi connectivity index (χ2n) is 5.37. The number of aliphatic hydroxyl groups is 1. The first kappa shape index (κ1) is 16.1. The van der Waals surface area contributed by atoms with Crippen LogP contribution in [-0.2, 0) is 6.42 Å². The van der Waals surface area contributed by atoms with Crippen molar-refractivity contribution in [2.75, 3.05) is 6.54 Å². The number of nitrogens with one attached hydrogen (secondary N) is 2. The van der Waals surface area contributed by atoms with Gasteiger partial charge in [-0.2, -0.15) is 0 Å². The molecular formula is C17H22N2O3. The van der Waals surface area contributed by atoms with Crippen molar-refractivity contribution in [2.24, 2.45) is 0 Å². The molecule has 0 spiro atoms. The molecule has 118 valence electrons. The molecule has 0 fully saturated rings. The molecule has 1 aromatic heterocycles. The molecule has 2 aromatic rings. The van der Waals surface area contributed by atoms with Gasteiger partial charge < -0.3 is 20.2 Å². The summed E-state index contributed by atoms with van der Waals surface area (Å²) in [5, 5.41) is 15.4. The summed E-state index contributed by atoms with van der Waals surface area (Å²) in [4.78, 5) is 11.8. The second-order valence-corrected chi connectivity index (χ2v) is 5.37. The van der Waals surface area contributed by atoms with E-state index in [9.17, 15) is 9.90 Å². The van der Waals surface area contributed by atoms with E-state index in [0.717, 1.165) is 11.3 Å². The number of hydrogen-bond acceptors (Lipinski definition) is 3. The maximum absolute atomic E-state index is 11.8. The highest BCUT2D eigenvalue weighted by Gasteiger charge is 2.13. The van der Waals surface area contributed by atoms with Gasteiger partial charge in [0.2, 0.25) is 0 Å². The topological polar surface area (TPSA) is 74.5 Å². The van der Waals surface area contributed by atoms with Crippen LogP contribution in [0.4, 0.5) is 4.79 Å². The van der Waals surface area contributed by atoms with Gasteiger partial charge in [-0.1, -0.05) is 30.3 Å². The summed E-state index contributed by atoms with van der Waals surface area (Å²) in [7, 11) is 0. The van der Waals surface area contributed by atoms with Crippen molar-refractivity contribution < 1.29 is 14.3 Å². The maximum Gasteiger partial charge on any atom is 0.315 e. The molecule has 0 bridgehead atoms. The van der Waals surface area contributed by atoms with Crippen molar-refractivity contribution in [1.29, 1.82) is 0 Å². The summed E-state index contributed by atoms with van der Waals surface area (Å²) in [5.74, 6) is 1.51. The summed E-state index contributed by atoms with van der Waals surface area (Å²) in [6, 6.07) is 12.8. The lowest BCUT2D eigenvalue weighted by Gasteiger charge is -2.15. The molecule has 2 amide bonds. The predicted molar refractivity (Wildman–Crippen MR) is 84.5 cm³/mol. The Hall–Kier alpha value is -2.27. The second kappa shape index (κ2) is 7.66. The molecule has 2 atom stereocenters. The lowest BCUT2D eigenvalue weighted by molar-refractivity contribution is 0.170. The molecular weight excluding hydrogens is 280 g/mol. The van der Waals surface area contributed by atoms with Crippen LogP contribution in [0.15, 0.2) is 46.9 Å². The van der Waals surface area contributed by atoms with Crippen LogP contribution in [0.5, 0.6) is 0 Å². The standard InChI is InChI=1S/C17H22N2O3/c1-12-8-9-16(22-12)13(2)19-17(21)18-11-15(20)10-14-6-4-3-5-7-14/h3-9,13,15,20H,10-11H2,1-2H3,(H2,18,19,21). The molecule has 0 aliphatic carbocycles. The normalized spacial score (nSPS) is 13.4. The molecule has 5 nitrogen and oxygen atoms in total. The molecule has 2 rings (SSSR count). The fourth-order valence-corrected chi connectivity index (χ4v) is 2.17. The SMILES string of the molecule is Cc1ccc(C(C)NC(=O)NCC(O)Cc2ccccc2)o1. The van der Waals surface area contributed by atoms with Crippen LogP contribution in [0.3, 0.4) is 0 Å². The zero-order chi connectivity index (χ0) is 15.9. The largest absolute Gasteiger partial charge is 0.464 e. The zero-order valence-corrected chi connectivity index (χ0v) is 12.9. The monoisotopic (exact) mass is 302 g/mol. The molecule has 1 heterocycles. The molecule has 22 heavy (non-hydrogen) atoms. The zero-order valence-electron chi connectivity index (χ0n) is 12.9. The van der Waals surface area contributed by atoms with E-state index in [2.05, 4.69) is 10.6 Å². The Labute approximate surface area is 130 Å². The Balaban J connectivity index is 1.73. The van der Waals surface area contributed by atoms with E-state index in [0.29, 0.717) is 12.2 Å². The van der Waals surface area contributed by atoms with Crippen molar-refractivity contribution in [3.8, 4) is 0 Å². The van der Waals surface area contributed by atoms with E-state index in [4.69, 9.17) is 4.42 Å². The number of carbonyl (C=O) groups is 1. The highest BCUT2D eigenvalue weighted by molar-refractivity contribution is 5.74. The van der Waals surface area contributed by atoms with Gasteiger partial charge >= 0.3 is 6.03 Å². The van der Waals surface area contributed by atoms with E-state index < -0.39 is 6.10 Å². The van der Waals surface area contributed by atoms with Crippen LogP contribution in [-0.4, -0.2) is 23.8 Å². The van der Waals surface area contributed by atoms with Gasteiger partial charge in [-0.3, -0.25) is 0 Å². The van der Waals surface area contributed by atoms with Gasteiger partial charge in [0.25, 0.3) is 0 Å². The summed E-state index contributed by atoms with van der Waals surface area (Å²) in [6.07, 6.45) is -0.108. The minimum Gasteiger partial charge on any atom is -0.464 e. The lowest BCUT2D eigenvalue weighted by Crippen LogP contribution is -2.41. The summed E-state index contributed by atoms with van der Waals surface area (Å²) >= 11 is 0. The Kier molecular flexibility index (Phi) is 5.61. The first-order valence-corrected chi connectivity index (χ1v) is 7.37. The Morgan fingerprint density at radius 3 is 2.59 bits per heavy atom. The molecule has 0 aliphatic heterocycles. The number of furan rings is 1. The highest BCUT2D eigenvalue weighted by Crippen LogP contribution is 2.15. The van der Waals surface area contributed by atoms with E-state index in [1.54, 1.807) is 0 Å². The van der Waals surface area contributed by atoms with Gasteiger partial charge in [0.05, 0.1) is 12.1 Å². The van der Waals surface area contributed by atoms with Crippen LogP contribution in [0, 0.1) is 6.92 Å². The number of carbonyl (C=O) groups excluding carboxylic acids is 1. The molecule has 2 unspecified atom stereocenters. The summed E-state index contributed by atoms with van der Waals surface area (Å²) in [5.41, 5.74) is 1.04. The smallest absolute Gasteiger partial charge is 0.315 e. The predicted octanol–water partition coefficient (Wildman–Crippen LogP) is 2.55. The van der Waals surface area contributed by atoms with Crippen molar-refractivity contribution in [3.05, 3.63) is 59.5 Å². The van der Waals surface area contributed by atoms with E-state index in [1.165, 1.54) is 0 Å². The number of aryl methyl sites for hydroxylation is 1. The Bertz CT molecular complexity index is 595. The average molecular weight is 302 g/mol. The third-order valence-corrected chi connectivity index (χ3v) is 3.35. The Morgan fingerprint density at radius 1 is 1.23 bits per heavy atom. The Morgan fingerprint density at radius 2 is 1.95 bits per heavy atom. The van der Waals surface area contributed by atoms with Gasteiger partial charge in [-0.05, 0) is 31.5 Å². The molecule has 0 aliphatic rings. The molecule has 1 aromatic carbocycles. The third-order valence-electron chi connectivity index (χ3n) is 3.35. The van der Waals surface area contributed by atoms with E-state index in [1.807, 2.05) is 56.3 Å². The van der Waals surface area contributed by atoms with E-state index in [-0.39, 0.29) is 18.6 Å². The number of benzene rings is 1. The van der Waals surface area contributed by atoms with E-state index >= 15 is 0 Å². The summed E-state index contributed by atoms with van der Waals surface area (Å²) in [6.45, 7) is 3.90. The van der Waals surface area contributed by atoms with Crippen LogP contribution in [0.2, 0.25) is 0 Å². The lowest BCUT2D eigenvalue weighted by atomic mass is 10.1. The fourth-order valence-electron chi connectivity index (χ4n) is 2.17. The highest BCUT2D eigenvalue weighted by atomic mass is 16.3. The third kappa shape index (κ3) is 4.93. The van der Waals surface area contributed by atoms with Gasteiger partial charge in [0.1, 0.15) is 11.5 Å². The molecule has 5 heteroatoms. The van der Waals surface area contributed by atoms with Crippen molar-refractivity contribution >= 4 is 6.03 Å². The van der Waals surface area contributed by atoms with Crippen LogP contribution < -0.4 is 10.6 Å². The van der Waals surface area contributed by atoms with Gasteiger partial charge in [0.15, 0.2) is 0 Å². The molecule has 0 radical (unpaired) electrons. The first-order chi connectivity index (χ1) is 10.5. The van der Waals surface area contributed by atoms with Crippen LogP contribution in [0.25, 0.3) is 0 Å². The summed E-state index contributed by atoms with van der Waals surface area (Å²) < 4.78 is 5.46. The quantitative estimate of drug-likeness (QED) is 0.767. The maximum atomic E-state index is 11.8. The first-order valence-electron chi connectivity index (χ1n) is 7.37. The molecule has 0 saturated heterocycles. The van der Waals surface area contributed by atoms with Gasteiger partial charge in [0, 0.05) is 13.0 Å². The number of hydrogen-bond donors (Lipinski definition) is 3. The van der Waals surface area contributed by atoms with Gasteiger partial charge in [-0.25, -0.2) is 4.79 Å². The van der Waals surface area contributed by atoms with Gasteiger partial charge in [-0.15, -0.1) is 0 Å². The minimum atomic E-state index is -0.616. The van der Waals surface area contributed by atoms with Crippen molar-refractivity contribution in [2.45, 2.75) is 32.4 Å².